The number of anilines is 1. The van der Waals surface area contributed by atoms with Crippen LogP contribution in [0, 0.1) is 5.92 Å². The van der Waals surface area contributed by atoms with Gasteiger partial charge >= 0.3 is 6.18 Å². The van der Waals surface area contributed by atoms with Crippen molar-refractivity contribution in [3.63, 3.8) is 0 Å². The highest BCUT2D eigenvalue weighted by Gasteiger charge is 2.32. The molecule has 3 N–H and O–H groups in total. The molecule has 0 atom stereocenters. The van der Waals surface area contributed by atoms with E-state index in [1.54, 1.807) is 13.0 Å². The van der Waals surface area contributed by atoms with Crippen LogP contribution in [-0.4, -0.2) is 12.6 Å². The van der Waals surface area contributed by atoms with Gasteiger partial charge in [0.2, 0.25) is 0 Å². The Hall–Kier alpha value is -1.23. The topological polar surface area (TPSA) is 38.0 Å². The summed E-state index contributed by atoms with van der Waals surface area (Å²) in [6.07, 6.45) is 0.371. The third-order valence-corrected chi connectivity index (χ3v) is 4.28. The van der Waals surface area contributed by atoms with Gasteiger partial charge in [-0.05, 0) is 61.8 Å². The highest BCUT2D eigenvalue weighted by Crippen LogP contribution is 2.33. The Morgan fingerprint density at radius 2 is 1.86 bits per heavy atom. The molecule has 0 bridgehead atoms. The van der Waals surface area contributed by atoms with E-state index in [9.17, 15) is 13.2 Å². The fourth-order valence-corrected chi connectivity index (χ4v) is 2.93. The minimum absolute atomic E-state index is 0.319. The van der Waals surface area contributed by atoms with E-state index >= 15 is 0 Å². The van der Waals surface area contributed by atoms with E-state index in [1.165, 1.54) is 12.1 Å². The monoisotopic (exact) mass is 300 g/mol. The maximum Gasteiger partial charge on any atom is 0.416 e. The van der Waals surface area contributed by atoms with Crippen molar-refractivity contribution in [3.8, 4) is 0 Å². The number of hydrogen-bond acceptors (Lipinski definition) is 2. The van der Waals surface area contributed by atoms with Crippen molar-refractivity contribution in [2.45, 2.75) is 51.2 Å². The van der Waals surface area contributed by atoms with Crippen LogP contribution in [0.3, 0.4) is 0 Å². The van der Waals surface area contributed by atoms with Gasteiger partial charge in [-0.15, -0.1) is 0 Å². The van der Waals surface area contributed by atoms with Crippen molar-refractivity contribution >= 4 is 5.69 Å². The summed E-state index contributed by atoms with van der Waals surface area (Å²) in [5.74, 6) is 0.567. The molecule has 2 rings (SSSR count). The van der Waals surface area contributed by atoms with Gasteiger partial charge in [0, 0.05) is 18.3 Å². The zero-order valence-corrected chi connectivity index (χ0v) is 12.3. The van der Waals surface area contributed by atoms with Gasteiger partial charge in [-0.3, -0.25) is 0 Å². The number of nitrogens with one attached hydrogen (secondary N) is 1. The van der Waals surface area contributed by atoms with Crippen LogP contribution in [0.5, 0.6) is 0 Å². The minimum atomic E-state index is -4.27. The van der Waals surface area contributed by atoms with Gasteiger partial charge in [0.15, 0.2) is 0 Å². The molecule has 21 heavy (non-hydrogen) atoms. The zero-order chi connectivity index (χ0) is 15.5. The first kappa shape index (κ1) is 16.1. The Kier molecular flexibility index (Phi) is 5.14. The Labute approximate surface area is 123 Å². The van der Waals surface area contributed by atoms with E-state index in [1.807, 2.05) is 0 Å². The van der Waals surface area contributed by atoms with E-state index in [0.717, 1.165) is 37.9 Å². The SMILES string of the molecule is CCc1cc(NCC2CCC(N)CC2)ccc1C(F)(F)F. The predicted octanol–water partition coefficient (Wildman–Crippen LogP) is 4.20. The fourth-order valence-electron chi connectivity index (χ4n) is 2.93. The summed E-state index contributed by atoms with van der Waals surface area (Å²) in [4.78, 5) is 0. The van der Waals surface area contributed by atoms with Gasteiger partial charge in [0.05, 0.1) is 5.56 Å². The quantitative estimate of drug-likeness (QED) is 0.874. The Bertz CT molecular complexity index is 463. The standard InChI is InChI=1S/C16H23F3N2/c1-2-12-9-14(7-8-15(12)16(17,18)19)21-10-11-3-5-13(20)6-4-11/h7-9,11,13,21H,2-6,10,20H2,1H3. The molecule has 0 aromatic heterocycles. The van der Waals surface area contributed by atoms with Gasteiger partial charge in [-0.1, -0.05) is 6.92 Å². The van der Waals surface area contributed by atoms with Crippen LogP contribution in [0.1, 0.15) is 43.7 Å². The minimum Gasteiger partial charge on any atom is -0.385 e. The molecule has 5 heteroatoms. The van der Waals surface area contributed by atoms with E-state index in [-0.39, 0.29) is 0 Å². The molecule has 1 aromatic carbocycles. The summed E-state index contributed by atoms with van der Waals surface area (Å²) in [5.41, 5.74) is 6.46. The van der Waals surface area contributed by atoms with Crippen LogP contribution in [0.15, 0.2) is 18.2 Å². The molecule has 0 amide bonds. The number of aryl methyl sites for hydroxylation is 1. The van der Waals surface area contributed by atoms with E-state index < -0.39 is 11.7 Å². The predicted molar refractivity (Wildman–Crippen MR) is 79.2 cm³/mol. The zero-order valence-electron chi connectivity index (χ0n) is 12.3. The first-order chi connectivity index (χ1) is 9.90. The van der Waals surface area contributed by atoms with Crippen molar-refractivity contribution in [2.24, 2.45) is 11.7 Å². The Balaban J connectivity index is 1.98. The highest BCUT2D eigenvalue weighted by atomic mass is 19.4. The van der Waals surface area contributed by atoms with Crippen LogP contribution in [0.2, 0.25) is 0 Å². The molecule has 1 fully saturated rings. The van der Waals surface area contributed by atoms with Gasteiger partial charge in [-0.2, -0.15) is 13.2 Å². The first-order valence-corrected chi connectivity index (χ1v) is 7.59. The lowest BCUT2D eigenvalue weighted by molar-refractivity contribution is -0.138. The molecule has 0 saturated heterocycles. The number of hydrogen-bond donors (Lipinski definition) is 2. The molecule has 1 saturated carbocycles. The van der Waals surface area contributed by atoms with Crippen LogP contribution in [-0.2, 0) is 12.6 Å². The van der Waals surface area contributed by atoms with Gasteiger partial charge in [0.25, 0.3) is 0 Å². The maximum atomic E-state index is 12.8. The molecule has 2 nitrogen and oxygen atoms in total. The first-order valence-electron chi connectivity index (χ1n) is 7.59. The molecule has 0 radical (unpaired) electrons. The summed E-state index contributed by atoms with van der Waals surface area (Å²) < 4.78 is 38.5. The van der Waals surface area contributed by atoms with Crippen molar-refractivity contribution in [2.75, 3.05) is 11.9 Å². The fraction of sp³-hybridized carbons (Fsp3) is 0.625. The molecule has 0 aliphatic heterocycles. The van der Waals surface area contributed by atoms with Crippen LogP contribution in [0.4, 0.5) is 18.9 Å². The molecule has 118 valence electrons. The molecule has 1 aliphatic rings. The van der Waals surface area contributed by atoms with Crippen molar-refractivity contribution in [1.29, 1.82) is 0 Å². The average molecular weight is 300 g/mol. The molecule has 0 spiro atoms. The lowest BCUT2D eigenvalue weighted by Gasteiger charge is -2.26. The second-order valence-corrected chi connectivity index (χ2v) is 5.88. The van der Waals surface area contributed by atoms with Crippen LogP contribution < -0.4 is 11.1 Å². The smallest absolute Gasteiger partial charge is 0.385 e. The van der Waals surface area contributed by atoms with Crippen LogP contribution >= 0.6 is 0 Å². The molecule has 1 aliphatic carbocycles. The number of alkyl halides is 3. The number of nitrogens with two attached hydrogens (primary N) is 1. The molecular formula is C16H23F3N2. The second kappa shape index (κ2) is 6.69. The van der Waals surface area contributed by atoms with Crippen molar-refractivity contribution in [3.05, 3.63) is 29.3 Å². The lowest BCUT2D eigenvalue weighted by atomic mass is 9.86. The maximum absolute atomic E-state index is 12.8. The van der Waals surface area contributed by atoms with Crippen molar-refractivity contribution in [1.82, 2.24) is 0 Å². The van der Waals surface area contributed by atoms with Crippen LogP contribution in [0.25, 0.3) is 0 Å². The van der Waals surface area contributed by atoms with Gasteiger partial charge < -0.3 is 11.1 Å². The summed E-state index contributed by atoms with van der Waals surface area (Å²) in [7, 11) is 0. The summed E-state index contributed by atoms with van der Waals surface area (Å²) in [5, 5.41) is 3.27. The average Bonchev–Trinajstić information content (AvgIpc) is 2.45. The van der Waals surface area contributed by atoms with E-state index in [2.05, 4.69) is 5.32 Å². The summed E-state index contributed by atoms with van der Waals surface area (Å²) in [6, 6.07) is 4.64. The Morgan fingerprint density at radius 3 is 2.43 bits per heavy atom. The van der Waals surface area contributed by atoms with Gasteiger partial charge in [-0.25, -0.2) is 0 Å². The van der Waals surface area contributed by atoms with Crippen molar-refractivity contribution < 1.29 is 13.2 Å². The summed E-state index contributed by atoms with van der Waals surface area (Å²) >= 11 is 0. The normalized spacial score (nSPS) is 23.1. The second-order valence-electron chi connectivity index (χ2n) is 5.88. The molecule has 1 aromatic rings. The third-order valence-electron chi connectivity index (χ3n) is 4.28. The largest absolute Gasteiger partial charge is 0.416 e. The molecular weight excluding hydrogens is 277 g/mol. The summed E-state index contributed by atoms with van der Waals surface area (Å²) in [6.45, 7) is 2.55. The highest BCUT2D eigenvalue weighted by molar-refractivity contribution is 5.49. The number of benzene rings is 1. The number of halogens is 3. The number of rotatable bonds is 4. The van der Waals surface area contributed by atoms with E-state index in [4.69, 9.17) is 5.73 Å². The van der Waals surface area contributed by atoms with E-state index in [0.29, 0.717) is 23.9 Å². The molecule has 0 heterocycles. The molecule has 0 unspecified atom stereocenters. The lowest BCUT2D eigenvalue weighted by Crippen LogP contribution is -2.29. The van der Waals surface area contributed by atoms with Gasteiger partial charge in [0.1, 0.15) is 0 Å². The third kappa shape index (κ3) is 4.37. The Morgan fingerprint density at radius 1 is 1.19 bits per heavy atom.